The Bertz CT molecular complexity index is 721. The zero-order chi connectivity index (χ0) is 14.7. The molecule has 0 atom stereocenters. The molecule has 6 nitrogen and oxygen atoms in total. The normalized spacial score (nSPS) is 10.5. The van der Waals surface area contributed by atoms with Crippen LogP contribution in [0.5, 0.6) is 11.5 Å². The van der Waals surface area contributed by atoms with Gasteiger partial charge in [0.1, 0.15) is 11.5 Å². The standard InChI is InChI=1S/C15H13N3O3/c19-12-5-1-10(2-6-12)15-17-14(21-18-15)9-16-11-3-7-13(20)8-4-11/h1-8,16,19-20H,9H2. The van der Waals surface area contributed by atoms with E-state index in [1.807, 2.05) is 0 Å². The van der Waals surface area contributed by atoms with Crippen molar-refractivity contribution >= 4 is 5.69 Å². The van der Waals surface area contributed by atoms with Gasteiger partial charge in [0, 0.05) is 11.3 Å². The monoisotopic (exact) mass is 283 g/mol. The van der Waals surface area contributed by atoms with E-state index in [9.17, 15) is 10.2 Å². The minimum absolute atomic E-state index is 0.191. The summed E-state index contributed by atoms with van der Waals surface area (Å²) in [6.45, 7) is 0.385. The molecule has 0 amide bonds. The molecule has 0 aliphatic heterocycles. The summed E-state index contributed by atoms with van der Waals surface area (Å²) in [5, 5.41) is 25.5. The Hall–Kier alpha value is -3.02. The zero-order valence-corrected chi connectivity index (χ0v) is 11.0. The molecular formula is C15H13N3O3. The molecule has 1 aromatic heterocycles. The molecule has 3 rings (SSSR count). The van der Waals surface area contributed by atoms with Crippen LogP contribution < -0.4 is 5.32 Å². The molecule has 3 N–H and O–H groups in total. The van der Waals surface area contributed by atoms with Crippen molar-refractivity contribution in [3.05, 3.63) is 54.4 Å². The second-order valence-corrected chi connectivity index (χ2v) is 4.46. The topological polar surface area (TPSA) is 91.4 Å². The molecule has 0 saturated heterocycles. The van der Waals surface area contributed by atoms with Gasteiger partial charge in [-0.3, -0.25) is 0 Å². The molecule has 21 heavy (non-hydrogen) atoms. The maximum atomic E-state index is 9.25. The highest BCUT2D eigenvalue weighted by Crippen LogP contribution is 2.19. The smallest absolute Gasteiger partial charge is 0.246 e. The lowest BCUT2D eigenvalue weighted by Gasteiger charge is -2.02. The fourth-order valence-corrected chi connectivity index (χ4v) is 1.81. The van der Waals surface area contributed by atoms with E-state index < -0.39 is 0 Å². The van der Waals surface area contributed by atoms with Gasteiger partial charge in [0.25, 0.3) is 0 Å². The van der Waals surface area contributed by atoms with Crippen LogP contribution in [0.1, 0.15) is 5.89 Å². The van der Waals surface area contributed by atoms with Gasteiger partial charge in [-0.25, -0.2) is 0 Å². The summed E-state index contributed by atoms with van der Waals surface area (Å²) < 4.78 is 5.16. The first-order valence-electron chi connectivity index (χ1n) is 6.35. The number of benzene rings is 2. The molecule has 106 valence electrons. The number of phenolic OH excluding ortho intramolecular Hbond substituents is 2. The lowest BCUT2D eigenvalue weighted by Crippen LogP contribution is -1.99. The van der Waals surface area contributed by atoms with Gasteiger partial charge in [-0.15, -0.1) is 0 Å². The van der Waals surface area contributed by atoms with Crippen LogP contribution in [-0.4, -0.2) is 20.4 Å². The Balaban J connectivity index is 1.67. The Morgan fingerprint density at radius 3 is 2.19 bits per heavy atom. The van der Waals surface area contributed by atoms with E-state index in [0.717, 1.165) is 11.3 Å². The van der Waals surface area contributed by atoms with Crippen molar-refractivity contribution in [3.8, 4) is 22.9 Å². The third-order valence-corrected chi connectivity index (χ3v) is 2.90. The van der Waals surface area contributed by atoms with Crippen LogP contribution in [0.3, 0.4) is 0 Å². The largest absolute Gasteiger partial charge is 0.508 e. The molecule has 0 saturated carbocycles. The van der Waals surface area contributed by atoms with E-state index in [-0.39, 0.29) is 11.5 Å². The molecule has 3 aromatic rings. The van der Waals surface area contributed by atoms with Crippen LogP contribution >= 0.6 is 0 Å². The summed E-state index contributed by atoms with van der Waals surface area (Å²) in [5.41, 5.74) is 1.62. The first-order chi connectivity index (χ1) is 10.2. The number of phenols is 2. The molecule has 1 heterocycles. The molecule has 0 radical (unpaired) electrons. The SMILES string of the molecule is Oc1ccc(NCc2nc(-c3ccc(O)cc3)no2)cc1. The fourth-order valence-electron chi connectivity index (χ4n) is 1.81. The molecule has 0 spiro atoms. The average molecular weight is 283 g/mol. The van der Waals surface area contributed by atoms with Crippen molar-refractivity contribution in [3.63, 3.8) is 0 Å². The van der Waals surface area contributed by atoms with Crippen LogP contribution in [0.2, 0.25) is 0 Å². The van der Waals surface area contributed by atoms with Gasteiger partial charge in [0.05, 0.1) is 6.54 Å². The van der Waals surface area contributed by atoms with Crippen molar-refractivity contribution < 1.29 is 14.7 Å². The van der Waals surface area contributed by atoms with Gasteiger partial charge >= 0.3 is 0 Å². The summed E-state index contributed by atoms with van der Waals surface area (Å²) in [6.07, 6.45) is 0. The van der Waals surface area contributed by atoms with Crippen LogP contribution in [0.4, 0.5) is 5.69 Å². The Morgan fingerprint density at radius 1 is 0.905 bits per heavy atom. The van der Waals surface area contributed by atoms with Gasteiger partial charge < -0.3 is 20.1 Å². The van der Waals surface area contributed by atoms with Crippen LogP contribution in [0, 0.1) is 0 Å². The van der Waals surface area contributed by atoms with Crippen LogP contribution in [0.25, 0.3) is 11.4 Å². The summed E-state index contributed by atoms with van der Waals surface area (Å²) in [7, 11) is 0. The predicted octanol–water partition coefficient (Wildman–Crippen LogP) is 2.76. The third-order valence-electron chi connectivity index (χ3n) is 2.90. The average Bonchev–Trinajstić information content (AvgIpc) is 2.96. The van der Waals surface area contributed by atoms with E-state index in [2.05, 4.69) is 15.5 Å². The highest BCUT2D eigenvalue weighted by molar-refractivity contribution is 5.55. The van der Waals surface area contributed by atoms with E-state index >= 15 is 0 Å². The first kappa shape index (κ1) is 13.0. The Morgan fingerprint density at radius 2 is 1.52 bits per heavy atom. The van der Waals surface area contributed by atoms with E-state index in [4.69, 9.17) is 4.52 Å². The van der Waals surface area contributed by atoms with Crippen molar-refractivity contribution in [2.24, 2.45) is 0 Å². The molecule has 0 aliphatic carbocycles. The number of aromatic nitrogens is 2. The second-order valence-electron chi connectivity index (χ2n) is 4.46. The number of nitrogens with one attached hydrogen (secondary N) is 1. The summed E-state index contributed by atoms with van der Waals surface area (Å²) in [6, 6.07) is 13.3. The molecule has 0 aliphatic rings. The van der Waals surface area contributed by atoms with Gasteiger partial charge in [-0.05, 0) is 48.5 Å². The zero-order valence-electron chi connectivity index (χ0n) is 11.0. The minimum Gasteiger partial charge on any atom is -0.508 e. The Labute approximate surface area is 120 Å². The maximum Gasteiger partial charge on any atom is 0.246 e. The molecule has 0 fully saturated rings. The number of anilines is 1. The van der Waals surface area contributed by atoms with Crippen LogP contribution in [-0.2, 0) is 6.54 Å². The first-order valence-corrected chi connectivity index (χ1v) is 6.35. The highest BCUT2D eigenvalue weighted by Gasteiger charge is 2.08. The molecule has 0 unspecified atom stereocenters. The van der Waals surface area contributed by atoms with Crippen molar-refractivity contribution in [1.29, 1.82) is 0 Å². The minimum atomic E-state index is 0.191. The van der Waals surface area contributed by atoms with Crippen molar-refractivity contribution in [2.45, 2.75) is 6.54 Å². The number of nitrogens with zero attached hydrogens (tertiary/aromatic N) is 2. The van der Waals surface area contributed by atoms with Crippen LogP contribution in [0.15, 0.2) is 53.1 Å². The summed E-state index contributed by atoms with van der Waals surface area (Å²) >= 11 is 0. The quantitative estimate of drug-likeness (QED) is 0.638. The predicted molar refractivity (Wildman–Crippen MR) is 76.8 cm³/mol. The van der Waals surface area contributed by atoms with Gasteiger partial charge in [0.2, 0.25) is 11.7 Å². The second kappa shape index (κ2) is 5.54. The van der Waals surface area contributed by atoms with E-state index in [1.165, 1.54) is 0 Å². The van der Waals surface area contributed by atoms with E-state index in [1.54, 1.807) is 48.5 Å². The fraction of sp³-hybridized carbons (Fsp3) is 0.0667. The third kappa shape index (κ3) is 3.11. The highest BCUT2D eigenvalue weighted by atomic mass is 16.5. The van der Waals surface area contributed by atoms with Crippen molar-refractivity contribution in [2.75, 3.05) is 5.32 Å². The molecular weight excluding hydrogens is 270 g/mol. The lowest BCUT2D eigenvalue weighted by atomic mass is 10.2. The molecule has 0 bridgehead atoms. The number of aromatic hydroxyl groups is 2. The van der Waals surface area contributed by atoms with Gasteiger partial charge in [0.15, 0.2) is 0 Å². The number of hydrogen-bond acceptors (Lipinski definition) is 6. The summed E-state index contributed by atoms with van der Waals surface area (Å²) in [4.78, 5) is 4.27. The number of rotatable bonds is 4. The van der Waals surface area contributed by atoms with Gasteiger partial charge in [-0.1, -0.05) is 5.16 Å². The molecule has 6 heteroatoms. The lowest BCUT2D eigenvalue weighted by molar-refractivity contribution is 0.384. The van der Waals surface area contributed by atoms with E-state index in [0.29, 0.717) is 18.3 Å². The summed E-state index contributed by atoms with van der Waals surface area (Å²) in [5.74, 6) is 1.33. The number of hydrogen-bond donors (Lipinski definition) is 3. The van der Waals surface area contributed by atoms with Gasteiger partial charge in [-0.2, -0.15) is 4.98 Å². The molecule has 2 aromatic carbocycles. The Kier molecular flexibility index (Phi) is 3.42. The van der Waals surface area contributed by atoms with Crippen molar-refractivity contribution in [1.82, 2.24) is 10.1 Å². The maximum absolute atomic E-state index is 9.25.